The highest BCUT2D eigenvalue weighted by Crippen LogP contribution is 2.23. The van der Waals surface area contributed by atoms with Crippen molar-refractivity contribution >= 4 is 11.8 Å². The van der Waals surface area contributed by atoms with Crippen LogP contribution in [0.4, 0.5) is 0 Å². The van der Waals surface area contributed by atoms with Crippen LogP contribution in [-0.4, -0.2) is 24.5 Å². The van der Waals surface area contributed by atoms with Crippen LogP contribution in [0.3, 0.4) is 0 Å². The molecule has 1 unspecified atom stereocenters. The average molecular weight is 358 g/mol. The van der Waals surface area contributed by atoms with E-state index < -0.39 is 6.04 Å². The molecule has 2 rings (SSSR count). The van der Waals surface area contributed by atoms with Gasteiger partial charge in [-0.3, -0.25) is 9.59 Å². The van der Waals surface area contributed by atoms with E-state index >= 15 is 0 Å². The van der Waals surface area contributed by atoms with Crippen molar-refractivity contribution < 1.29 is 18.7 Å². The summed E-state index contributed by atoms with van der Waals surface area (Å²) in [6.45, 7) is 8.05. The molecule has 0 saturated heterocycles. The third kappa shape index (κ3) is 5.65. The first-order chi connectivity index (χ1) is 12.4. The van der Waals surface area contributed by atoms with Gasteiger partial charge in [0.1, 0.15) is 17.6 Å². The number of hydrogen-bond acceptors (Lipinski definition) is 4. The molecule has 140 valence electrons. The first-order valence-corrected chi connectivity index (χ1v) is 8.69. The van der Waals surface area contributed by atoms with Crippen LogP contribution in [0, 0.1) is 6.92 Å². The zero-order valence-corrected chi connectivity index (χ0v) is 15.7. The summed E-state index contributed by atoms with van der Waals surface area (Å²) in [5.74, 6) is 1.09. The minimum atomic E-state index is -0.661. The Balaban J connectivity index is 1.77. The van der Waals surface area contributed by atoms with Crippen LogP contribution >= 0.6 is 0 Å². The number of aryl methyl sites for hydroxylation is 1. The molecule has 1 atom stereocenters. The molecule has 0 saturated carbocycles. The Kier molecular flexibility index (Phi) is 6.83. The predicted octanol–water partition coefficient (Wildman–Crippen LogP) is 2.91. The summed E-state index contributed by atoms with van der Waals surface area (Å²) in [5, 5.41) is 5.32. The van der Waals surface area contributed by atoms with Gasteiger partial charge in [-0.15, -0.1) is 0 Å². The van der Waals surface area contributed by atoms with E-state index in [2.05, 4.69) is 24.5 Å². The maximum Gasteiger partial charge on any atom is 0.258 e. The van der Waals surface area contributed by atoms with Gasteiger partial charge in [-0.05, 0) is 55.2 Å². The molecule has 0 bridgehead atoms. The van der Waals surface area contributed by atoms with Crippen molar-refractivity contribution in [3.63, 3.8) is 0 Å². The molecule has 2 amide bonds. The Hall–Kier alpha value is -2.76. The Bertz CT molecular complexity index is 738. The summed E-state index contributed by atoms with van der Waals surface area (Å²) < 4.78 is 10.7. The molecule has 0 spiro atoms. The zero-order chi connectivity index (χ0) is 19.1. The van der Waals surface area contributed by atoms with Crippen LogP contribution < -0.4 is 15.4 Å². The van der Waals surface area contributed by atoms with E-state index in [1.54, 1.807) is 25.3 Å². The van der Waals surface area contributed by atoms with Gasteiger partial charge in [-0.1, -0.05) is 19.9 Å². The predicted molar refractivity (Wildman–Crippen MR) is 98.9 cm³/mol. The number of furan rings is 1. The Morgan fingerprint density at radius 2 is 1.96 bits per heavy atom. The SMILES string of the molecule is Cc1cc(OCC(=O)NC(C)C(=O)NCc2ccco2)ccc1C(C)C. The fourth-order valence-electron chi connectivity index (χ4n) is 2.62. The lowest BCUT2D eigenvalue weighted by Crippen LogP contribution is -2.46. The lowest BCUT2D eigenvalue weighted by molar-refractivity contribution is -0.129. The number of rotatable bonds is 8. The fraction of sp³-hybridized carbons (Fsp3) is 0.400. The largest absolute Gasteiger partial charge is 0.484 e. The maximum atomic E-state index is 12.0. The van der Waals surface area contributed by atoms with E-state index in [1.807, 2.05) is 25.1 Å². The van der Waals surface area contributed by atoms with Crippen LogP contribution in [0.1, 0.15) is 43.6 Å². The molecule has 2 aromatic rings. The summed E-state index contributed by atoms with van der Waals surface area (Å²) >= 11 is 0. The fourth-order valence-corrected chi connectivity index (χ4v) is 2.62. The molecule has 0 radical (unpaired) electrons. The monoisotopic (exact) mass is 358 g/mol. The smallest absolute Gasteiger partial charge is 0.258 e. The van der Waals surface area contributed by atoms with Crippen molar-refractivity contribution in [3.05, 3.63) is 53.5 Å². The lowest BCUT2D eigenvalue weighted by Gasteiger charge is -2.15. The molecule has 6 heteroatoms. The Morgan fingerprint density at radius 1 is 1.19 bits per heavy atom. The summed E-state index contributed by atoms with van der Waals surface area (Å²) in [6.07, 6.45) is 1.54. The third-order valence-corrected chi connectivity index (χ3v) is 4.02. The second kappa shape index (κ2) is 9.08. The van der Waals surface area contributed by atoms with Gasteiger partial charge in [0.15, 0.2) is 6.61 Å². The maximum absolute atomic E-state index is 12.0. The van der Waals surface area contributed by atoms with E-state index in [0.717, 1.165) is 5.56 Å². The summed E-state index contributed by atoms with van der Waals surface area (Å²) in [5.41, 5.74) is 2.38. The topological polar surface area (TPSA) is 80.6 Å². The second-order valence-corrected chi connectivity index (χ2v) is 6.55. The summed E-state index contributed by atoms with van der Waals surface area (Å²) in [4.78, 5) is 24.0. The molecule has 6 nitrogen and oxygen atoms in total. The summed E-state index contributed by atoms with van der Waals surface area (Å²) in [6, 6.07) is 8.64. The summed E-state index contributed by atoms with van der Waals surface area (Å²) in [7, 11) is 0. The van der Waals surface area contributed by atoms with E-state index in [9.17, 15) is 9.59 Å². The van der Waals surface area contributed by atoms with E-state index in [1.165, 1.54) is 5.56 Å². The number of amides is 2. The van der Waals surface area contributed by atoms with Gasteiger partial charge >= 0.3 is 0 Å². The Labute approximate surface area is 153 Å². The highest BCUT2D eigenvalue weighted by molar-refractivity contribution is 5.87. The standard InChI is InChI=1S/C20H26N2O4/c1-13(2)18-8-7-16(10-14(18)3)26-12-19(23)22-15(4)20(24)21-11-17-6-5-9-25-17/h5-10,13,15H,11-12H2,1-4H3,(H,21,24)(H,22,23). The number of benzene rings is 1. The molecule has 0 fully saturated rings. The van der Waals surface area contributed by atoms with E-state index in [-0.39, 0.29) is 25.0 Å². The van der Waals surface area contributed by atoms with Crippen molar-refractivity contribution in [1.82, 2.24) is 10.6 Å². The van der Waals surface area contributed by atoms with Gasteiger partial charge in [-0.2, -0.15) is 0 Å². The number of ether oxygens (including phenoxy) is 1. The van der Waals surface area contributed by atoms with E-state index in [4.69, 9.17) is 9.15 Å². The van der Waals surface area contributed by atoms with Crippen LogP contribution in [-0.2, 0) is 16.1 Å². The lowest BCUT2D eigenvalue weighted by atomic mass is 9.98. The average Bonchev–Trinajstić information content (AvgIpc) is 3.11. The number of hydrogen-bond donors (Lipinski definition) is 2. The normalized spacial score (nSPS) is 11.9. The zero-order valence-electron chi connectivity index (χ0n) is 15.7. The van der Waals surface area contributed by atoms with Gasteiger partial charge in [-0.25, -0.2) is 0 Å². The van der Waals surface area contributed by atoms with Gasteiger partial charge in [0.2, 0.25) is 5.91 Å². The Morgan fingerprint density at radius 3 is 2.58 bits per heavy atom. The molecule has 0 aliphatic carbocycles. The van der Waals surface area contributed by atoms with Gasteiger partial charge in [0.05, 0.1) is 12.8 Å². The molecular weight excluding hydrogens is 332 g/mol. The van der Waals surface area contributed by atoms with Gasteiger partial charge in [0.25, 0.3) is 5.91 Å². The second-order valence-electron chi connectivity index (χ2n) is 6.55. The van der Waals surface area contributed by atoms with Crippen LogP contribution in [0.25, 0.3) is 0 Å². The highest BCUT2D eigenvalue weighted by atomic mass is 16.5. The van der Waals surface area contributed by atoms with Gasteiger partial charge in [0, 0.05) is 0 Å². The van der Waals surface area contributed by atoms with Crippen molar-refractivity contribution in [2.75, 3.05) is 6.61 Å². The molecule has 1 aromatic carbocycles. The molecule has 0 aliphatic heterocycles. The highest BCUT2D eigenvalue weighted by Gasteiger charge is 2.16. The van der Waals surface area contributed by atoms with Crippen molar-refractivity contribution in [1.29, 1.82) is 0 Å². The molecule has 0 aliphatic rings. The molecule has 2 N–H and O–H groups in total. The van der Waals surface area contributed by atoms with Crippen molar-refractivity contribution in [2.24, 2.45) is 0 Å². The first kappa shape index (κ1) is 19.6. The molecular formula is C20H26N2O4. The van der Waals surface area contributed by atoms with Crippen LogP contribution in [0.15, 0.2) is 41.0 Å². The molecule has 1 heterocycles. The molecule has 26 heavy (non-hydrogen) atoms. The minimum Gasteiger partial charge on any atom is -0.484 e. The number of nitrogens with one attached hydrogen (secondary N) is 2. The number of carbonyl (C=O) groups excluding carboxylic acids is 2. The van der Waals surface area contributed by atoms with Gasteiger partial charge < -0.3 is 19.8 Å². The number of carbonyl (C=O) groups is 2. The van der Waals surface area contributed by atoms with Crippen LogP contribution in [0.5, 0.6) is 5.75 Å². The van der Waals surface area contributed by atoms with E-state index in [0.29, 0.717) is 17.4 Å². The van der Waals surface area contributed by atoms with Crippen molar-refractivity contribution in [3.8, 4) is 5.75 Å². The van der Waals surface area contributed by atoms with Crippen LogP contribution in [0.2, 0.25) is 0 Å². The van der Waals surface area contributed by atoms with Crippen molar-refractivity contribution in [2.45, 2.75) is 46.2 Å². The molecule has 1 aromatic heterocycles. The minimum absolute atomic E-state index is 0.143. The first-order valence-electron chi connectivity index (χ1n) is 8.69. The third-order valence-electron chi connectivity index (χ3n) is 4.02. The quantitative estimate of drug-likeness (QED) is 0.760.